The van der Waals surface area contributed by atoms with Crippen molar-refractivity contribution in [2.45, 2.75) is 25.0 Å². The molecule has 0 unspecified atom stereocenters. The molecule has 0 aliphatic carbocycles. The van der Waals surface area contributed by atoms with Crippen LogP contribution in [0.2, 0.25) is 0 Å². The number of para-hydroxylation sites is 1. The second kappa shape index (κ2) is 6.46. The monoisotopic (exact) mass is 383 g/mol. The molecule has 4 aromatic rings. The molecule has 0 radical (unpaired) electrons. The summed E-state index contributed by atoms with van der Waals surface area (Å²) < 4.78 is 12.0. The Morgan fingerprint density at radius 3 is 2.62 bits per heavy atom. The van der Waals surface area contributed by atoms with Gasteiger partial charge in [-0.15, -0.1) is 0 Å². The van der Waals surface area contributed by atoms with Gasteiger partial charge in [-0.2, -0.15) is 0 Å². The van der Waals surface area contributed by atoms with Gasteiger partial charge in [0.2, 0.25) is 0 Å². The summed E-state index contributed by atoms with van der Waals surface area (Å²) in [4.78, 5) is 12.9. The van der Waals surface area contributed by atoms with E-state index in [1.807, 2.05) is 24.3 Å². The molecule has 3 heterocycles. The average molecular weight is 383 g/mol. The summed E-state index contributed by atoms with van der Waals surface area (Å²) >= 11 is 0. The van der Waals surface area contributed by atoms with Crippen molar-refractivity contribution in [1.29, 1.82) is 0 Å². The average Bonchev–Trinajstić information content (AvgIpc) is 2.78. The third-order valence-corrected chi connectivity index (χ3v) is 6.39. The highest BCUT2D eigenvalue weighted by atomic mass is 16.5. The van der Waals surface area contributed by atoms with E-state index in [4.69, 9.17) is 9.15 Å². The second-order valence-electron chi connectivity index (χ2n) is 7.96. The Hall–Kier alpha value is -3.11. The summed E-state index contributed by atoms with van der Waals surface area (Å²) in [5, 5.41) is 6.96. The number of rotatable bonds is 1. The van der Waals surface area contributed by atoms with Crippen molar-refractivity contribution in [2.24, 2.45) is 5.92 Å². The third kappa shape index (κ3) is 2.52. The molecule has 1 saturated heterocycles. The molecule has 6 rings (SSSR count). The second-order valence-corrected chi connectivity index (χ2v) is 7.96. The van der Waals surface area contributed by atoms with E-state index in [0.29, 0.717) is 11.3 Å². The SMILES string of the molecule is O=c1oc2ccccc2c2c1N[C@@H](c1cccc3ccccc13)[C@@H]1CCCO[C@H]21. The number of hydrogen-bond donors (Lipinski definition) is 1. The lowest BCUT2D eigenvalue weighted by Gasteiger charge is -2.43. The number of nitrogens with one attached hydrogen (secondary N) is 1. The van der Waals surface area contributed by atoms with Gasteiger partial charge in [-0.25, -0.2) is 4.79 Å². The Labute approximate surface area is 168 Å². The molecule has 2 aliphatic rings. The van der Waals surface area contributed by atoms with Gasteiger partial charge in [0, 0.05) is 23.5 Å². The molecule has 0 bridgehead atoms. The molecule has 144 valence electrons. The topological polar surface area (TPSA) is 51.5 Å². The highest BCUT2D eigenvalue weighted by Crippen LogP contribution is 2.50. The largest absolute Gasteiger partial charge is 0.421 e. The van der Waals surface area contributed by atoms with Crippen LogP contribution < -0.4 is 10.9 Å². The van der Waals surface area contributed by atoms with Crippen LogP contribution in [0, 0.1) is 5.92 Å². The number of benzene rings is 3. The Morgan fingerprint density at radius 2 is 1.69 bits per heavy atom. The van der Waals surface area contributed by atoms with Gasteiger partial charge in [-0.05, 0) is 35.2 Å². The van der Waals surface area contributed by atoms with E-state index in [-0.39, 0.29) is 23.7 Å². The molecule has 3 aromatic carbocycles. The molecule has 0 amide bonds. The van der Waals surface area contributed by atoms with Crippen LogP contribution >= 0.6 is 0 Å². The van der Waals surface area contributed by atoms with Crippen molar-refractivity contribution >= 4 is 27.4 Å². The highest BCUT2D eigenvalue weighted by Gasteiger charge is 2.42. The van der Waals surface area contributed by atoms with E-state index in [2.05, 4.69) is 47.8 Å². The molecule has 3 atom stereocenters. The van der Waals surface area contributed by atoms with Crippen molar-refractivity contribution in [3.05, 3.63) is 88.3 Å². The highest BCUT2D eigenvalue weighted by molar-refractivity contribution is 5.88. The molecule has 4 heteroatoms. The van der Waals surface area contributed by atoms with Crippen LogP contribution in [0.25, 0.3) is 21.7 Å². The van der Waals surface area contributed by atoms with Crippen molar-refractivity contribution in [2.75, 3.05) is 11.9 Å². The van der Waals surface area contributed by atoms with Crippen LogP contribution in [0.4, 0.5) is 5.69 Å². The van der Waals surface area contributed by atoms with Gasteiger partial charge < -0.3 is 14.5 Å². The zero-order valence-corrected chi connectivity index (χ0v) is 15.9. The summed E-state index contributed by atoms with van der Waals surface area (Å²) in [5.74, 6) is 0.257. The molecule has 0 spiro atoms. The number of ether oxygens (including phenoxy) is 1. The summed E-state index contributed by atoms with van der Waals surface area (Å²) in [6, 6.07) is 22.6. The van der Waals surface area contributed by atoms with E-state index in [1.165, 1.54) is 16.3 Å². The van der Waals surface area contributed by atoms with Crippen LogP contribution in [0.3, 0.4) is 0 Å². The molecule has 4 nitrogen and oxygen atoms in total. The fourth-order valence-corrected chi connectivity index (χ4v) is 5.14. The van der Waals surface area contributed by atoms with Gasteiger partial charge >= 0.3 is 5.63 Å². The quantitative estimate of drug-likeness (QED) is 0.436. The first kappa shape index (κ1) is 16.8. The van der Waals surface area contributed by atoms with Crippen molar-refractivity contribution < 1.29 is 9.15 Å². The third-order valence-electron chi connectivity index (χ3n) is 6.39. The van der Waals surface area contributed by atoms with Gasteiger partial charge in [0.1, 0.15) is 11.3 Å². The summed E-state index contributed by atoms with van der Waals surface area (Å²) in [7, 11) is 0. The first-order chi connectivity index (χ1) is 14.3. The summed E-state index contributed by atoms with van der Waals surface area (Å²) in [5.41, 5.74) is 3.01. The Morgan fingerprint density at radius 1 is 0.897 bits per heavy atom. The number of anilines is 1. The number of hydrogen-bond acceptors (Lipinski definition) is 4. The van der Waals surface area contributed by atoms with E-state index >= 15 is 0 Å². The Bertz CT molecular complexity index is 1290. The van der Waals surface area contributed by atoms with Crippen molar-refractivity contribution in [3.63, 3.8) is 0 Å². The first-order valence-corrected chi connectivity index (χ1v) is 10.2. The van der Waals surface area contributed by atoms with Crippen LogP contribution in [-0.4, -0.2) is 6.61 Å². The van der Waals surface area contributed by atoms with E-state index < -0.39 is 0 Å². The van der Waals surface area contributed by atoms with Gasteiger partial charge in [0.25, 0.3) is 0 Å². The molecule has 2 aliphatic heterocycles. The van der Waals surface area contributed by atoms with Crippen LogP contribution in [-0.2, 0) is 4.74 Å². The molecule has 29 heavy (non-hydrogen) atoms. The minimum atomic E-state index is -0.323. The normalized spacial score (nSPS) is 23.4. The predicted molar refractivity (Wildman–Crippen MR) is 114 cm³/mol. The maximum Gasteiger partial charge on any atom is 0.360 e. The van der Waals surface area contributed by atoms with Crippen LogP contribution in [0.1, 0.15) is 36.1 Å². The molecule has 1 N–H and O–H groups in total. The zero-order chi connectivity index (χ0) is 19.4. The fourth-order valence-electron chi connectivity index (χ4n) is 5.14. The molecule has 1 aromatic heterocycles. The smallest absolute Gasteiger partial charge is 0.360 e. The lowest BCUT2D eigenvalue weighted by molar-refractivity contribution is -0.0374. The van der Waals surface area contributed by atoms with Crippen LogP contribution in [0.5, 0.6) is 0 Å². The van der Waals surface area contributed by atoms with Crippen molar-refractivity contribution in [1.82, 2.24) is 0 Å². The molecule has 1 fully saturated rings. The lowest BCUT2D eigenvalue weighted by atomic mass is 9.76. The zero-order valence-electron chi connectivity index (χ0n) is 15.9. The molecular formula is C25H21NO3. The lowest BCUT2D eigenvalue weighted by Crippen LogP contribution is -2.38. The fraction of sp³-hybridized carbons (Fsp3) is 0.240. The van der Waals surface area contributed by atoms with Gasteiger partial charge in [-0.3, -0.25) is 0 Å². The van der Waals surface area contributed by atoms with Gasteiger partial charge in [-0.1, -0.05) is 60.7 Å². The van der Waals surface area contributed by atoms with Gasteiger partial charge in [0.05, 0.1) is 12.1 Å². The van der Waals surface area contributed by atoms with Crippen molar-refractivity contribution in [3.8, 4) is 0 Å². The summed E-state index contributed by atoms with van der Waals surface area (Å²) in [6.07, 6.45) is 1.97. The number of fused-ring (bicyclic) bond motifs is 6. The van der Waals surface area contributed by atoms with E-state index in [9.17, 15) is 4.79 Å². The van der Waals surface area contributed by atoms with E-state index in [1.54, 1.807) is 0 Å². The maximum absolute atomic E-state index is 12.9. The minimum Gasteiger partial charge on any atom is -0.421 e. The molecule has 0 saturated carbocycles. The standard InChI is InChI=1S/C25H21NO3/c27-25-23-21(18-10-3-4-13-20(18)29-25)24-19(12-6-14-28-24)22(26-23)17-11-5-8-15-7-1-2-9-16(15)17/h1-5,7-11,13,19,22,24,26H,6,12,14H2/t19-,22-,24-/m0/s1. The van der Waals surface area contributed by atoms with Gasteiger partial charge in [0.15, 0.2) is 0 Å². The Kier molecular flexibility index (Phi) is 3.74. The minimum absolute atomic E-state index is 0.00274. The summed E-state index contributed by atoms with van der Waals surface area (Å²) in [6.45, 7) is 0.720. The molecular weight excluding hydrogens is 362 g/mol. The Balaban J connectivity index is 1.60. The first-order valence-electron chi connectivity index (χ1n) is 10.2. The predicted octanol–water partition coefficient (Wildman–Crippen LogP) is 5.58. The van der Waals surface area contributed by atoms with Crippen LogP contribution in [0.15, 0.2) is 75.9 Å². The van der Waals surface area contributed by atoms with E-state index in [0.717, 1.165) is 30.4 Å². The maximum atomic E-state index is 12.9.